The van der Waals surface area contributed by atoms with Crippen LogP contribution in [0.1, 0.15) is 11.8 Å². The minimum atomic E-state index is -0.0729. The summed E-state index contributed by atoms with van der Waals surface area (Å²) < 4.78 is 5.72. The highest BCUT2D eigenvalue weighted by Gasteiger charge is 2.24. The molecule has 1 aliphatic rings. The number of hydrogen-bond acceptors (Lipinski definition) is 6. The van der Waals surface area contributed by atoms with E-state index in [1.165, 1.54) is 0 Å². The first-order valence-corrected chi connectivity index (χ1v) is 5.83. The second kappa shape index (κ2) is 5.05. The fourth-order valence-electron chi connectivity index (χ4n) is 1.94. The van der Waals surface area contributed by atoms with E-state index in [-0.39, 0.29) is 6.10 Å². The van der Waals surface area contributed by atoms with Gasteiger partial charge in [0, 0.05) is 31.3 Å². The normalized spacial score (nSPS) is 19.8. The largest absolute Gasteiger partial charge is 0.368 e. The molecule has 0 amide bonds. The Morgan fingerprint density at radius 2 is 2.00 bits per heavy atom. The van der Waals surface area contributed by atoms with Crippen LogP contribution in [0.15, 0.2) is 37.1 Å². The summed E-state index contributed by atoms with van der Waals surface area (Å²) >= 11 is 0. The highest BCUT2D eigenvalue weighted by Crippen LogP contribution is 2.21. The molecule has 6 heteroatoms. The van der Waals surface area contributed by atoms with Crippen LogP contribution in [0.3, 0.4) is 0 Å². The van der Waals surface area contributed by atoms with Gasteiger partial charge in [0.2, 0.25) is 5.95 Å². The second-order valence-electron chi connectivity index (χ2n) is 3.98. The van der Waals surface area contributed by atoms with Crippen LogP contribution in [-0.4, -0.2) is 39.6 Å². The van der Waals surface area contributed by atoms with Gasteiger partial charge in [-0.1, -0.05) is 0 Å². The summed E-state index contributed by atoms with van der Waals surface area (Å²) in [6, 6.07) is 1.81. The van der Waals surface area contributed by atoms with Crippen molar-refractivity contribution in [3.63, 3.8) is 0 Å². The molecule has 0 aromatic carbocycles. The van der Waals surface area contributed by atoms with Gasteiger partial charge < -0.3 is 9.64 Å². The quantitative estimate of drug-likeness (QED) is 0.779. The topological polar surface area (TPSA) is 64.0 Å². The minimum absolute atomic E-state index is 0.0729. The number of aromatic nitrogens is 4. The van der Waals surface area contributed by atoms with Crippen LogP contribution in [0.5, 0.6) is 0 Å². The standard InChI is InChI=1S/C12H13N5O/c1-2-15-12(16-3-1)17-6-7-18-11(9-17)10-8-13-4-5-14-10/h1-5,8,11H,6-7,9H2/t11-/m1/s1. The summed E-state index contributed by atoms with van der Waals surface area (Å²) in [5.74, 6) is 0.731. The van der Waals surface area contributed by atoms with Gasteiger partial charge in [-0.2, -0.15) is 0 Å². The molecule has 18 heavy (non-hydrogen) atoms. The lowest BCUT2D eigenvalue weighted by Gasteiger charge is -2.32. The maximum Gasteiger partial charge on any atom is 0.225 e. The highest BCUT2D eigenvalue weighted by molar-refractivity contribution is 5.30. The molecule has 1 saturated heterocycles. The molecule has 1 atom stereocenters. The van der Waals surface area contributed by atoms with Crippen LogP contribution in [0.2, 0.25) is 0 Å². The first-order valence-electron chi connectivity index (χ1n) is 5.83. The molecule has 6 nitrogen and oxygen atoms in total. The zero-order valence-corrected chi connectivity index (χ0v) is 9.81. The van der Waals surface area contributed by atoms with Crippen LogP contribution in [-0.2, 0) is 4.74 Å². The Bertz CT molecular complexity index is 447. The Morgan fingerprint density at radius 1 is 1.11 bits per heavy atom. The van der Waals surface area contributed by atoms with Crippen LogP contribution in [0, 0.1) is 0 Å². The summed E-state index contributed by atoms with van der Waals surface area (Å²) in [4.78, 5) is 18.9. The van der Waals surface area contributed by atoms with Crippen LogP contribution in [0.4, 0.5) is 5.95 Å². The number of rotatable bonds is 2. The number of morpholine rings is 1. The fourth-order valence-corrected chi connectivity index (χ4v) is 1.94. The average Bonchev–Trinajstić information content (AvgIpc) is 2.49. The lowest BCUT2D eigenvalue weighted by Crippen LogP contribution is -2.39. The fraction of sp³-hybridized carbons (Fsp3) is 0.333. The smallest absolute Gasteiger partial charge is 0.225 e. The van der Waals surface area contributed by atoms with Gasteiger partial charge >= 0.3 is 0 Å². The summed E-state index contributed by atoms with van der Waals surface area (Å²) in [6.07, 6.45) is 8.49. The van der Waals surface area contributed by atoms with Crippen molar-refractivity contribution in [3.05, 3.63) is 42.7 Å². The zero-order chi connectivity index (χ0) is 12.2. The van der Waals surface area contributed by atoms with Gasteiger partial charge in [-0.25, -0.2) is 9.97 Å². The molecule has 3 heterocycles. The van der Waals surface area contributed by atoms with Crippen molar-refractivity contribution in [2.24, 2.45) is 0 Å². The molecule has 1 fully saturated rings. The number of nitrogens with zero attached hydrogens (tertiary/aromatic N) is 5. The number of ether oxygens (including phenoxy) is 1. The lowest BCUT2D eigenvalue weighted by molar-refractivity contribution is 0.0362. The Kier molecular flexibility index (Phi) is 3.10. The van der Waals surface area contributed by atoms with Gasteiger partial charge in [-0.3, -0.25) is 9.97 Å². The third-order valence-electron chi connectivity index (χ3n) is 2.81. The van der Waals surface area contributed by atoms with Gasteiger partial charge in [-0.15, -0.1) is 0 Å². The molecule has 0 radical (unpaired) electrons. The first kappa shape index (κ1) is 11.0. The zero-order valence-electron chi connectivity index (χ0n) is 9.81. The third kappa shape index (κ3) is 2.28. The Labute approximate surface area is 105 Å². The molecule has 3 rings (SSSR count). The van der Waals surface area contributed by atoms with E-state index in [2.05, 4.69) is 24.8 Å². The molecule has 0 bridgehead atoms. The van der Waals surface area contributed by atoms with Crippen molar-refractivity contribution in [2.45, 2.75) is 6.10 Å². The van der Waals surface area contributed by atoms with Gasteiger partial charge in [-0.05, 0) is 6.07 Å². The molecule has 0 N–H and O–H groups in total. The van der Waals surface area contributed by atoms with Crippen molar-refractivity contribution in [1.29, 1.82) is 0 Å². The maximum atomic E-state index is 5.72. The minimum Gasteiger partial charge on any atom is -0.368 e. The van der Waals surface area contributed by atoms with Crippen molar-refractivity contribution in [3.8, 4) is 0 Å². The van der Waals surface area contributed by atoms with E-state index in [0.29, 0.717) is 13.2 Å². The van der Waals surface area contributed by atoms with E-state index in [1.54, 1.807) is 31.0 Å². The molecule has 2 aromatic rings. The van der Waals surface area contributed by atoms with Crippen LogP contribution < -0.4 is 4.90 Å². The maximum absolute atomic E-state index is 5.72. The molecule has 0 spiro atoms. The highest BCUT2D eigenvalue weighted by atomic mass is 16.5. The summed E-state index contributed by atoms with van der Waals surface area (Å²) in [5.41, 5.74) is 0.845. The molecule has 2 aromatic heterocycles. The summed E-state index contributed by atoms with van der Waals surface area (Å²) in [6.45, 7) is 2.13. The van der Waals surface area contributed by atoms with Crippen molar-refractivity contribution in [1.82, 2.24) is 19.9 Å². The molecular formula is C12H13N5O. The number of anilines is 1. The Hall–Kier alpha value is -2.08. The van der Waals surface area contributed by atoms with Crippen LogP contribution in [0.25, 0.3) is 0 Å². The predicted octanol–water partition coefficient (Wildman–Crippen LogP) is 0.844. The Morgan fingerprint density at radius 3 is 2.78 bits per heavy atom. The third-order valence-corrected chi connectivity index (χ3v) is 2.81. The van der Waals surface area contributed by atoms with Gasteiger partial charge in [0.05, 0.1) is 25.0 Å². The van der Waals surface area contributed by atoms with Crippen molar-refractivity contribution in [2.75, 3.05) is 24.6 Å². The van der Waals surface area contributed by atoms with Crippen molar-refractivity contribution >= 4 is 5.95 Å². The average molecular weight is 243 g/mol. The van der Waals surface area contributed by atoms with E-state index in [1.807, 2.05) is 6.07 Å². The SMILES string of the molecule is c1cnc(N2CCO[C@@H](c3cnccn3)C2)nc1. The monoisotopic (exact) mass is 243 g/mol. The molecule has 1 aliphatic heterocycles. The van der Waals surface area contributed by atoms with E-state index >= 15 is 0 Å². The second-order valence-corrected chi connectivity index (χ2v) is 3.98. The lowest BCUT2D eigenvalue weighted by atomic mass is 10.2. The van der Waals surface area contributed by atoms with Crippen molar-refractivity contribution < 1.29 is 4.74 Å². The number of hydrogen-bond donors (Lipinski definition) is 0. The first-order chi connectivity index (χ1) is 8.93. The molecule has 0 saturated carbocycles. The molecular weight excluding hydrogens is 230 g/mol. The van der Waals surface area contributed by atoms with E-state index < -0.39 is 0 Å². The van der Waals surface area contributed by atoms with Gasteiger partial charge in [0.15, 0.2) is 0 Å². The Balaban J connectivity index is 1.77. The van der Waals surface area contributed by atoms with Crippen LogP contribution >= 0.6 is 0 Å². The summed E-state index contributed by atoms with van der Waals surface area (Å²) in [7, 11) is 0. The molecule has 92 valence electrons. The van der Waals surface area contributed by atoms with E-state index in [4.69, 9.17) is 4.74 Å². The van der Waals surface area contributed by atoms with Gasteiger partial charge in [0.25, 0.3) is 0 Å². The molecule has 0 unspecified atom stereocenters. The molecule has 0 aliphatic carbocycles. The van der Waals surface area contributed by atoms with E-state index in [0.717, 1.165) is 18.2 Å². The summed E-state index contributed by atoms with van der Waals surface area (Å²) in [5, 5.41) is 0. The van der Waals surface area contributed by atoms with E-state index in [9.17, 15) is 0 Å². The predicted molar refractivity (Wildman–Crippen MR) is 65.0 cm³/mol. The van der Waals surface area contributed by atoms with Gasteiger partial charge in [0.1, 0.15) is 6.10 Å².